The van der Waals surface area contributed by atoms with Crippen LogP contribution in [0.15, 0.2) is 18.2 Å². The van der Waals surface area contributed by atoms with Crippen LogP contribution in [0.2, 0.25) is 0 Å². The standard InChI is InChI=1S/C12H14FN3O2/c13-9-3-2-8(14)5-10(9)16-12(18)7-1-4-11(17)15-6-7/h2-3,5,7H,1,4,6,14H2,(H,15,17)(H,16,18). The number of rotatable bonds is 2. The van der Waals surface area contributed by atoms with Crippen molar-refractivity contribution in [3.63, 3.8) is 0 Å². The maximum absolute atomic E-state index is 13.4. The molecular formula is C12H14FN3O2. The second kappa shape index (κ2) is 5.03. The number of carbonyl (C=O) groups is 2. The van der Waals surface area contributed by atoms with Crippen molar-refractivity contribution < 1.29 is 14.0 Å². The Balaban J connectivity index is 2.02. The lowest BCUT2D eigenvalue weighted by Gasteiger charge is -2.21. The Hall–Kier alpha value is -2.11. The first kappa shape index (κ1) is 12.3. The zero-order valence-corrected chi connectivity index (χ0v) is 9.70. The van der Waals surface area contributed by atoms with E-state index in [-0.39, 0.29) is 30.0 Å². The van der Waals surface area contributed by atoms with Crippen LogP contribution in [0.5, 0.6) is 0 Å². The van der Waals surface area contributed by atoms with Crippen LogP contribution in [-0.4, -0.2) is 18.4 Å². The number of amides is 2. The van der Waals surface area contributed by atoms with E-state index in [0.717, 1.165) is 0 Å². The van der Waals surface area contributed by atoms with E-state index in [1.807, 2.05) is 0 Å². The van der Waals surface area contributed by atoms with E-state index < -0.39 is 5.82 Å². The SMILES string of the molecule is Nc1ccc(F)c(NC(=O)C2CCC(=O)NC2)c1. The molecule has 0 bridgehead atoms. The van der Waals surface area contributed by atoms with Crippen molar-refractivity contribution in [2.45, 2.75) is 12.8 Å². The number of piperidine rings is 1. The number of carbonyl (C=O) groups excluding carboxylic acids is 2. The first-order chi connectivity index (χ1) is 8.56. The minimum Gasteiger partial charge on any atom is -0.399 e. The van der Waals surface area contributed by atoms with Gasteiger partial charge in [-0.3, -0.25) is 9.59 Å². The number of nitrogens with one attached hydrogen (secondary N) is 2. The monoisotopic (exact) mass is 251 g/mol. The Morgan fingerprint density at radius 3 is 2.94 bits per heavy atom. The van der Waals surface area contributed by atoms with Gasteiger partial charge in [-0.15, -0.1) is 0 Å². The number of benzene rings is 1. The predicted octanol–water partition coefficient (Wildman–Crippen LogP) is 0.873. The Kier molecular flexibility index (Phi) is 3.45. The summed E-state index contributed by atoms with van der Waals surface area (Å²) in [6.45, 7) is 0.286. The molecule has 0 aliphatic carbocycles. The van der Waals surface area contributed by atoms with Gasteiger partial charge in [-0.2, -0.15) is 0 Å². The molecule has 96 valence electrons. The third-order valence-corrected chi connectivity index (χ3v) is 2.88. The van der Waals surface area contributed by atoms with E-state index in [0.29, 0.717) is 18.5 Å². The summed E-state index contributed by atoms with van der Waals surface area (Å²) in [5.74, 6) is -1.23. The third-order valence-electron chi connectivity index (χ3n) is 2.88. The van der Waals surface area contributed by atoms with Gasteiger partial charge in [0.2, 0.25) is 11.8 Å². The fourth-order valence-electron chi connectivity index (χ4n) is 1.83. The number of nitrogens with two attached hydrogens (primary N) is 1. The van der Waals surface area contributed by atoms with Gasteiger partial charge < -0.3 is 16.4 Å². The Morgan fingerprint density at radius 1 is 1.50 bits per heavy atom. The Bertz CT molecular complexity index is 480. The predicted molar refractivity (Wildman–Crippen MR) is 65.2 cm³/mol. The van der Waals surface area contributed by atoms with Crippen LogP contribution in [0.25, 0.3) is 0 Å². The molecule has 1 aromatic rings. The molecule has 6 heteroatoms. The molecular weight excluding hydrogens is 237 g/mol. The van der Waals surface area contributed by atoms with Crippen LogP contribution in [0, 0.1) is 11.7 Å². The first-order valence-corrected chi connectivity index (χ1v) is 5.69. The van der Waals surface area contributed by atoms with Crippen molar-refractivity contribution in [1.29, 1.82) is 0 Å². The summed E-state index contributed by atoms with van der Waals surface area (Å²) in [7, 11) is 0. The summed E-state index contributed by atoms with van der Waals surface area (Å²) in [5.41, 5.74) is 5.97. The average Bonchev–Trinajstić information content (AvgIpc) is 2.34. The summed E-state index contributed by atoms with van der Waals surface area (Å²) in [4.78, 5) is 22.8. The summed E-state index contributed by atoms with van der Waals surface area (Å²) in [5, 5.41) is 5.10. The minimum absolute atomic E-state index is 0.0609. The van der Waals surface area contributed by atoms with E-state index in [2.05, 4.69) is 10.6 Å². The zero-order chi connectivity index (χ0) is 13.1. The highest BCUT2D eigenvalue weighted by atomic mass is 19.1. The molecule has 0 radical (unpaired) electrons. The summed E-state index contributed by atoms with van der Waals surface area (Å²) in [6, 6.07) is 3.99. The molecule has 0 saturated carbocycles. The molecule has 2 amide bonds. The Labute approximate surface area is 104 Å². The molecule has 1 saturated heterocycles. The fraction of sp³-hybridized carbons (Fsp3) is 0.333. The van der Waals surface area contributed by atoms with Crippen molar-refractivity contribution in [3.8, 4) is 0 Å². The van der Waals surface area contributed by atoms with Crippen molar-refractivity contribution >= 4 is 23.2 Å². The van der Waals surface area contributed by atoms with E-state index in [1.165, 1.54) is 18.2 Å². The van der Waals surface area contributed by atoms with Gasteiger partial charge in [0.25, 0.3) is 0 Å². The Morgan fingerprint density at radius 2 is 2.28 bits per heavy atom. The van der Waals surface area contributed by atoms with Crippen molar-refractivity contribution in [3.05, 3.63) is 24.0 Å². The molecule has 0 aromatic heterocycles. The van der Waals surface area contributed by atoms with Crippen LogP contribution >= 0.6 is 0 Å². The molecule has 18 heavy (non-hydrogen) atoms. The molecule has 2 rings (SSSR count). The minimum atomic E-state index is -0.530. The van der Waals surface area contributed by atoms with Crippen LogP contribution in [0.3, 0.4) is 0 Å². The molecule has 0 spiro atoms. The van der Waals surface area contributed by atoms with Gasteiger partial charge in [0.15, 0.2) is 0 Å². The van der Waals surface area contributed by atoms with Gasteiger partial charge in [0.05, 0.1) is 11.6 Å². The molecule has 1 atom stereocenters. The van der Waals surface area contributed by atoms with Crippen LogP contribution in [0.4, 0.5) is 15.8 Å². The largest absolute Gasteiger partial charge is 0.399 e. The van der Waals surface area contributed by atoms with Crippen LogP contribution in [-0.2, 0) is 9.59 Å². The topological polar surface area (TPSA) is 84.2 Å². The van der Waals surface area contributed by atoms with Crippen LogP contribution < -0.4 is 16.4 Å². The number of anilines is 2. The van der Waals surface area contributed by atoms with Crippen molar-refractivity contribution in [1.82, 2.24) is 5.32 Å². The zero-order valence-electron chi connectivity index (χ0n) is 9.70. The number of hydrogen-bond acceptors (Lipinski definition) is 3. The van der Waals surface area contributed by atoms with Gasteiger partial charge in [-0.25, -0.2) is 4.39 Å². The smallest absolute Gasteiger partial charge is 0.229 e. The molecule has 1 fully saturated rings. The maximum Gasteiger partial charge on any atom is 0.229 e. The second-order valence-corrected chi connectivity index (χ2v) is 4.27. The quantitative estimate of drug-likeness (QED) is 0.682. The van der Waals surface area contributed by atoms with Gasteiger partial charge in [-0.1, -0.05) is 0 Å². The first-order valence-electron chi connectivity index (χ1n) is 5.69. The molecule has 5 nitrogen and oxygen atoms in total. The maximum atomic E-state index is 13.4. The summed E-state index contributed by atoms with van der Waals surface area (Å²) in [6.07, 6.45) is 0.791. The van der Waals surface area contributed by atoms with Crippen molar-refractivity contribution in [2.75, 3.05) is 17.6 Å². The molecule has 1 aromatic carbocycles. The molecule has 1 heterocycles. The van der Waals surface area contributed by atoms with E-state index in [1.54, 1.807) is 0 Å². The highest BCUT2D eigenvalue weighted by molar-refractivity contribution is 5.94. The second-order valence-electron chi connectivity index (χ2n) is 4.27. The van der Waals surface area contributed by atoms with E-state index in [4.69, 9.17) is 5.73 Å². The molecule has 1 unspecified atom stereocenters. The summed E-state index contributed by atoms with van der Waals surface area (Å²) >= 11 is 0. The average molecular weight is 251 g/mol. The lowest BCUT2D eigenvalue weighted by atomic mass is 9.98. The van der Waals surface area contributed by atoms with Crippen molar-refractivity contribution in [2.24, 2.45) is 5.92 Å². The highest BCUT2D eigenvalue weighted by Crippen LogP contribution is 2.19. The lowest BCUT2D eigenvalue weighted by Crippen LogP contribution is -2.40. The fourth-order valence-corrected chi connectivity index (χ4v) is 1.83. The van der Waals surface area contributed by atoms with Gasteiger partial charge in [0.1, 0.15) is 5.82 Å². The van der Waals surface area contributed by atoms with Crippen LogP contribution in [0.1, 0.15) is 12.8 Å². The number of hydrogen-bond donors (Lipinski definition) is 3. The molecule has 1 aliphatic rings. The normalized spacial score (nSPS) is 19.2. The lowest BCUT2D eigenvalue weighted by molar-refractivity contribution is -0.126. The van der Waals surface area contributed by atoms with E-state index in [9.17, 15) is 14.0 Å². The number of nitrogen functional groups attached to an aromatic ring is 1. The number of halogens is 1. The molecule has 4 N–H and O–H groups in total. The highest BCUT2D eigenvalue weighted by Gasteiger charge is 2.24. The van der Waals surface area contributed by atoms with Gasteiger partial charge in [-0.05, 0) is 24.6 Å². The van der Waals surface area contributed by atoms with Gasteiger partial charge in [0, 0.05) is 18.7 Å². The third kappa shape index (κ3) is 2.77. The van der Waals surface area contributed by atoms with Gasteiger partial charge >= 0.3 is 0 Å². The summed E-state index contributed by atoms with van der Waals surface area (Å²) < 4.78 is 13.4. The van der Waals surface area contributed by atoms with E-state index >= 15 is 0 Å². The molecule has 1 aliphatic heterocycles.